The van der Waals surface area contributed by atoms with Gasteiger partial charge in [0.15, 0.2) is 0 Å². The van der Waals surface area contributed by atoms with Crippen molar-refractivity contribution in [2.75, 3.05) is 10.2 Å². The second-order valence-electron chi connectivity index (χ2n) is 26.4. The minimum atomic E-state index is -0.360. The van der Waals surface area contributed by atoms with Crippen LogP contribution in [0.5, 0.6) is 0 Å². The Morgan fingerprint density at radius 2 is 0.550 bits per heavy atom. The van der Waals surface area contributed by atoms with Crippen LogP contribution in [0.25, 0.3) is 144 Å². The summed E-state index contributed by atoms with van der Waals surface area (Å²) in [6.07, 6.45) is 0. The lowest BCUT2D eigenvalue weighted by Crippen LogP contribution is -2.11. The molecule has 0 amide bonds. The van der Waals surface area contributed by atoms with Gasteiger partial charge >= 0.3 is 0 Å². The topological polar surface area (TPSA) is 76.7 Å². The molecule has 8 nitrogen and oxygen atoms in total. The SMILES string of the molecule is Fc1cc(Br)c2nsnc2c1-c1ccc(-n2c3ccccc3c3ccccc32)cc1.Fc1cc(N(c2ccc(-c3ccccc3)cc2)c2ccc(-c3ccccc3)cc2)c2nsnc2c1-c1ccc(-n2c3ccccc3c3ccccc32)cc1.c1ccc(-c2ccc(Nc3ccc(-c4ccccc4)cc3)cc2)cc1. The van der Waals surface area contributed by atoms with Crippen LogP contribution >= 0.6 is 39.4 Å². The van der Waals surface area contributed by atoms with Gasteiger partial charge in [0.1, 0.15) is 33.7 Å². The fourth-order valence-corrected chi connectivity index (χ4v) is 16.4. The molecule has 0 bridgehead atoms. The number of hydrogen-bond donors (Lipinski definition) is 1. The normalized spacial score (nSPS) is 11.3. The number of benzene rings is 16. The first-order chi connectivity index (χ1) is 53.8. The Labute approximate surface area is 644 Å². The van der Waals surface area contributed by atoms with Crippen LogP contribution in [0.3, 0.4) is 0 Å². The summed E-state index contributed by atoms with van der Waals surface area (Å²) < 4.78 is 54.9. The highest BCUT2D eigenvalue weighted by molar-refractivity contribution is 9.10. The summed E-state index contributed by atoms with van der Waals surface area (Å²) in [6.45, 7) is 0. The van der Waals surface area contributed by atoms with E-state index in [0.29, 0.717) is 43.4 Å². The smallest absolute Gasteiger partial charge is 0.135 e. The van der Waals surface area contributed by atoms with Gasteiger partial charge in [0.25, 0.3) is 0 Å². The molecule has 109 heavy (non-hydrogen) atoms. The van der Waals surface area contributed by atoms with Crippen molar-refractivity contribution in [2.45, 2.75) is 0 Å². The van der Waals surface area contributed by atoms with E-state index in [9.17, 15) is 4.39 Å². The zero-order valence-electron chi connectivity index (χ0n) is 58.4. The van der Waals surface area contributed by atoms with Crippen LogP contribution < -0.4 is 10.2 Å². The van der Waals surface area contributed by atoms with Gasteiger partial charge in [0.05, 0.1) is 51.2 Å². The molecule has 1 N–H and O–H groups in total. The van der Waals surface area contributed by atoms with E-state index in [1.807, 2.05) is 84.9 Å². The summed E-state index contributed by atoms with van der Waals surface area (Å²) in [6, 6.07) is 128. The Morgan fingerprint density at radius 3 is 0.908 bits per heavy atom. The lowest BCUT2D eigenvalue weighted by Gasteiger charge is -2.26. The molecular formula is C96H63BrF2N8S2. The van der Waals surface area contributed by atoms with Gasteiger partial charge in [-0.3, -0.25) is 0 Å². The number of fused-ring (bicyclic) bond motifs is 8. The number of anilines is 5. The monoisotopic (exact) mass is 1510 g/mol. The highest BCUT2D eigenvalue weighted by Crippen LogP contribution is 2.45. The van der Waals surface area contributed by atoms with Crippen molar-refractivity contribution in [3.63, 3.8) is 0 Å². The lowest BCUT2D eigenvalue weighted by atomic mass is 10.0. The number of halogens is 3. The minimum absolute atomic E-state index is 0.313. The van der Waals surface area contributed by atoms with Crippen LogP contribution in [0.1, 0.15) is 0 Å². The highest BCUT2D eigenvalue weighted by Gasteiger charge is 2.25. The molecule has 0 aliphatic heterocycles. The molecule has 0 radical (unpaired) electrons. The van der Waals surface area contributed by atoms with Crippen molar-refractivity contribution >= 4 is 134 Å². The van der Waals surface area contributed by atoms with Crippen LogP contribution in [0.15, 0.2) is 381 Å². The van der Waals surface area contributed by atoms with E-state index in [0.717, 1.165) is 113 Å². The summed E-state index contributed by atoms with van der Waals surface area (Å²) in [7, 11) is 0. The van der Waals surface area contributed by atoms with Gasteiger partial charge in [0, 0.05) is 77.3 Å². The van der Waals surface area contributed by atoms with Crippen molar-refractivity contribution in [1.82, 2.24) is 26.6 Å². The van der Waals surface area contributed by atoms with Crippen molar-refractivity contribution in [3.05, 3.63) is 392 Å². The molecule has 20 rings (SSSR count). The first kappa shape index (κ1) is 67.6. The van der Waals surface area contributed by atoms with Gasteiger partial charge in [-0.1, -0.05) is 267 Å². The van der Waals surface area contributed by atoms with E-state index in [1.165, 1.54) is 49.9 Å². The number of nitrogens with one attached hydrogen (secondary N) is 1. The van der Waals surface area contributed by atoms with E-state index in [1.54, 1.807) is 6.07 Å². The van der Waals surface area contributed by atoms with E-state index in [2.05, 4.69) is 323 Å². The van der Waals surface area contributed by atoms with E-state index in [4.69, 9.17) is 8.75 Å². The quantitative estimate of drug-likeness (QED) is 0.124. The highest BCUT2D eigenvalue weighted by atomic mass is 79.9. The maximum Gasteiger partial charge on any atom is 0.135 e. The molecule has 4 aromatic heterocycles. The summed E-state index contributed by atoms with van der Waals surface area (Å²) >= 11 is 5.56. The van der Waals surface area contributed by atoms with Crippen molar-refractivity contribution < 1.29 is 8.78 Å². The molecule has 0 aliphatic rings. The maximum atomic E-state index is 16.8. The Morgan fingerprint density at radius 1 is 0.275 bits per heavy atom. The van der Waals surface area contributed by atoms with Crippen LogP contribution in [0, 0.1) is 11.6 Å². The largest absolute Gasteiger partial charge is 0.356 e. The van der Waals surface area contributed by atoms with Crippen molar-refractivity contribution in [1.29, 1.82) is 0 Å². The summed E-state index contributed by atoms with van der Waals surface area (Å²) in [5.74, 6) is -0.673. The predicted octanol–water partition coefficient (Wildman–Crippen LogP) is 27.5. The van der Waals surface area contributed by atoms with Crippen LogP contribution in [0.2, 0.25) is 0 Å². The Kier molecular flexibility index (Phi) is 18.5. The first-order valence-electron chi connectivity index (χ1n) is 35.7. The molecule has 4 heterocycles. The van der Waals surface area contributed by atoms with E-state index >= 15 is 4.39 Å². The molecular weight excluding hydrogens is 1450 g/mol. The third kappa shape index (κ3) is 13.4. The third-order valence-electron chi connectivity index (χ3n) is 19.9. The number of hydrogen-bond acceptors (Lipinski definition) is 8. The molecule has 0 saturated heterocycles. The lowest BCUT2D eigenvalue weighted by molar-refractivity contribution is 0.632. The molecule has 0 unspecified atom stereocenters. The zero-order chi connectivity index (χ0) is 73.2. The van der Waals surface area contributed by atoms with Gasteiger partial charge in [-0.25, -0.2) is 8.78 Å². The fourth-order valence-electron chi connectivity index (χ4n) is 14.7. The van der Waals surface area contributed by atoms with Gasteiger partial charge < -0.3 is 19.4 Å². The average Bonchev–Trinajstić information content (AvgIpc) is 1.59. The molecule has 520 valence electrons. The van der Waals surface area contributed by atoms with Gasteiger partial charge in [-0.15, -0.1) is 0 Å². The molecule has 0 aliphatic carbocycles. The fraction of sp³-hybridized carbons (Fsp3) is 0. The molecule has 16 aromatic carbocycles. The standard InChI is InChI=1S/C48H31FN4S.C24H13BrFN3S.C24H19N/c49-42-31-45(52(37-25-19-34(20-26-37)32-11-3-1-4-12-32)38-27-21-35(22-28-38)33-13-5-2-6-14-33)47-48(51-54-50-47)46(42)36-23-29-39(30-24-36)53-43-17-9-7-15-40(43)41-16-8-10-18-44(41)53;25-18-13-19(26)22(24-23(18)27-30-28-24)14-9-11-15(12-10-14)29-20-7-3-1-5-16(20)17-6-2-4-8-21(17)29;1-3-7-19(8-4-1)21-11-15-23(16-12-21)25-24-17-13-22(14-18-24)20-9-5-2-6-10-20/h1-31H;1-13H;1-18,25H. The van der Waals surface area contributed by atoms with Crippen LogP contribution in [-0.2, 0) is 0 Å². The predicted molar refractivity (Wildman–Crippen MR) is 455 cm³/mol. The minimum Gasteiger partial charge on any atom is -0.356 e. The second-order valence-corrected chi connectivity index (χ2v) is 28.3. The van der Waals surface area contributed by atoms with Crippen LogP contribution in [0.4, 0.5) is 37.2 Å². The number of aromatic nitrogens is 6. The Balaban J connectivity index is 0.000000127. The third-order valence-corrected chi connectivity index (χ3v) is 21.5. The zero-order valence-corrected chi connectivity index (χ0v) is 61.6. The molecule has 0 saturated carbocycles. The molecule has 20 aromatic rings. The number of rotatable bonds is 13. The van der Waals surface area contributed by atoms with E-state index < -0.39 is 0 Å². The van der Waals surface area contributed by atoms with Gasteiger partial charge in [-0.2, -0.15) is 17.5 Å². The van der Waals surface area contributed by atoms with Crippen molar-refractivity contribution in [3.8, 4) is 78.1 Å². The molecule has 13 heteroatoms. The summed E-state index contributed by atoms with van der Waals surface area (Å²) in [5.41, 5.74) is 25.4. The Bertz CT molecular complexity index is 6350. The Hall–Kier alpha value is -13.3. The maximum absolute atomic E-state index is 16.8. The van der Waals surface area contributed by atoms with Crippen molar-refractivity contribution in [2.24, 2.45) is 0 Å². The second kappa shape index (κ2) is 29.9. The first-order valence-corrected chi connectivity index (χ1v) is 38.0. The van der Waals surface area contributed by atoms with Gasteiger partial charge in [0.2, 0.25) is 0 Å². The molecule has 0 atom stereocenters. The molecule has 0 fully saturated rings. The summed E-state index contributed by atoms with van der Waals surface area (Å²) in [5, 5.41) is 8.28. The average molecular weight is 1510 g/mol. The van der Waals surface area contributed by atoms with Crippen LogP contribution in [-0.4, -0.2) is 26.6 Å². The van der Waals surface area contributed by atoms with E-state index in [-0.39, 0.29) is 11.6 Å². The number of para-hydroxylation sites is 4. The molecule has 0 spiro atoms. The number of nitrogens with zero attached hydrogens (tertiary/aromatic N) is 7. The summed E-state index contributed by atoms with van der Waals surface area (Å²) in [4.78, 5) is 2.07. The van der Waals surface area contributed by atoms with Gasteiger partial charge in [-0.05, 0) is 175 Å².